The molecule has 0 N–H and O–H groups in total. The second kappa shape index (κ2) is 5.22. The van der Waals surface area contributed by atoms with Gasteiger partial charge in [-0.2, -0.15) is 0 Å². The molecule has 0 aliphatic heterocycles. The number of carbonyl (C=O) groups is 2. The van der Waals surface area contributed by atoms with Crippen molar-refractivity contribution in [2.45, 2.75) is 6.42 Å². The van der Waals surface area contributed by atoms with Crippen LogP contribution in [0.3, 0.4) is 0 Å². The molecule has 0 amide bonds. The maximum absolute atomic E-state index is 10.5. The zero-order valence-corrected chi connectivity index (χ0v) is 5.91. The summed E-state index contributed by atoms with van der Waals surface area (Å²) in [6, 6.07) is 0. The maximum atomic E-state index is 10.5. The molecule has 0 saturated carbocycles. The van der Waals surface area contributed by atoms with Crippen LogP contribution in [-0.4, -0.2) is 11.9 Å². The Hall–Kier alpha value is -1.58. The molecule has 0 fully saturated rings. The van der Waals surface area contributed by atoms with E-state index in [9.17, 15) is 9.59 Å². The van der Waals surface area contributed by atoms with Crippen LogP contribution in [0.25, 0.3) is 0 Å². The van der Waals surface area contributed by atoms with E-state index in [0.717, 1.165) is 6.08 Å². The van der Waals surface area contributed by atoms with Crippen LogP contribution in [0.5, 0.6) is 0 Å². The molecule has 0 unspecified atom stereocenters. The molecule has 0 saturated heterocycles. The smallest absolute Gasteiger partial charge is 0.247 e. The fourth-order valence-electron chi connectivity index (χ4n) is 0.273. The van der Waals surface area contributed by atoms with Gasteiger partial charge in [0.25, 0.3) is 0 Å². The number of hydrogen-bond acceptors (Lipinski definition) is 4. The quantitative estimate of drug-likeness (QED) is 0.262. The maximum Gasteiger partial charge on any atom is 0.378 e. The van der Waals surface area contributed by atoms with Gasteiger partial charge in [0.1, 0.15) is 0 Å². The summed E-state index contributed by atoms with van der Waals surface area (Å²) in [6.45, 7) is 6.38. The molecular formula is C7H8O4. The van der Waals surface area contributed by atoms with Crippen LogP contribution in [0, 0.1) is 0 Å². The summed E-state index contributed by atoms with van der Waals surface area (Å²) in [5.41, 5.74) is 0. The number of rotatable bonds is 3. The summed E-state index contributed by atoms with van der Waals surface area (Å²) in [5, 5.41) is 0. The van der Waals surface area contributed by atoms with E-state index < -0.39 is 11.9 Å². The largest absolute Gasteiger partial charge is 0.378 e. The van der Waals surface area contributed by atoms with Gasteiger partial charge in [-0.25, -0.2) is 19.4 Å². The van der Waals surface area contributed by atoms with E-state index in [1.807, 2.05) is 0 Å². The monoisotopic (exact) mass is 156 g/mol. The minimum absolute atomic E-state index is 0.00439. The Morgan fingerprint density at radius 1 is 1.27 bits per heavy atom. The van der Waals surface area contributed by atoms with Gasteiger partial charge in [0.2, 0.25) is 0 Å². The first-order valence-corrected chi connectivity index (χ1v) is 2.85. The van der Waals surface area contributed by atoms with E-state index in [1.165, 1.54) is 6.08 Å². The van der Waals surface area contributed by atoms with Gasteiger partial charge in [-0.05, 0) is 0 Å². The van der Waals surface area contributed by atoms with Crippen LogP contribution in [-0.2, 0) is 19.4 Å². The Morgan fingerprint density at radius 3 is 2.36 bits per heavy atom. The fourth-order valence-corrected chi connectivity index (χ4v) is 0.273. The summed E-state index contributed by atoms with van der Waals surface area (Å²) in [5.74, 6) is -1.47. The van der Waals surface area contributed by atoms with Gasteiger partial charge < -0.3 is 0 Å². The first-order chi connectivity index (χ1) is 5.20. The average molecular weight is 156 g/mol. The van der Waals surface area contributed by atoms with Crippen LogP contribution in [0.2, 0.25) is 0 Å². The molecule has 0 aromatic rings. The van der Waals surface area contributed by atoms with E-state index in [0.29, 0.717) is 0 Å². The molecule has 60 valence electrons. The van der Waals surface area contributed by atoms with Gasteiger partial charge in [-0.15, -0.1) is 6.58 Å². The molecule has 0 radical (unpaired) electrons. The van der Waals surface area contributed by atoms with Crippen LogP contribution < -0.4 is 0 Å². The van der Waals surface area contributed by atoms with Crippen molar-refractivity contribution in [1.29, 1.82) is 0 Å². The predicted octanol–water partition coefficient (Wildman–Crippen LogP) is 0.750. The predicted molar refractivity (Wildman–Crippen MR) is 37.2 cm³/mol. The van der Waals surface area contributed by atoms with Crippen molar-refractivity contribution in [3.05, 3.63) is 25.3 Å². The SMILES string of the molecule is C=CCC(=O)OOC(=O)C=C. The van der Waals surface area contributed by atoms with Gasteiger partial charge in [-0.3, -0.25) is 0 Å². The molecule has 11 heavy (non-hydrogen) atoms. The van der Waals surface area contributed by atoms with Crippen LogP contribution in [0.1, 0.15) is 6.42 Å². The molecule has 0 rings (SSSR count). The normalized spacial score (nSPS) is 8.00. The van der Waals surface area contributed by atoms with Crippen molar-refractivity contribution in [1.82, 2.24) is 0 Å². The lowest BCUT2D eigenvalue weighted by molar-refractivity contribution is -0.254. The van der Waals surface area contributed by atoms with Crippen molar-refractivity contribution in [2.24, 2.45) is 0 Å². The van der Waals surface area contributed by atoms with Gasteiger partial charge in [0, 0.05) is 6.08 Å². The molecular weight excluding hydrogens is 148 g/mol. The average Bonchev–Trinajstić information content (AvgIpc) is 2.01. The molecule has 0 atom stereocenters. The Bertz CT molecular complexity index is 183. The minimum Gasteiger partial charge on any atom is -0.247 e. The first kappa shape index (κ1) is 9.42. The van der Waals surface area contributed by atoms with E-state index in [2.05, 4.69) is 22.9 Å². The third kappa shape index (κ3) is 4.90. The number of carbonyl (C=O) groups excluding carboxylic acids is 2. The Kier molecular flexibility index (Phi) is 4.47. The Morgan fingerprint density at radius 2 is 1.91 bits per heavy atom. The van der Waals surface area contributed by atoms with E-state index in [-0.39, 0.29) is 6.42 Å². The van der Waals surface area contributed by atoms with Crippen molar-refractivity contribution in [3.63, 3.8) is 0 Å². The lowest BCUT2D eigenvalue weighted by atomic mass is 10.4. The molecule has 0 bridgehead atoms. The summed E-state index contributed by atoms with van der Waals surface area (Å²) in [4.78, 5) is 28.7. The van der Waals surface area contributed by atoms with Gasteiger partial charge in [-0.1, -0.05) is 12.7 Å². The van der Waals surface area contributed by atoms with Crippen molar-refractivity contribution in [3.8, 4) is 0 Å². The third-order valence-electron chi connectivity index (χ3n) is 0.694. The summed E-state index contributed by atoms with van der Waals surface area (Å²) in [7, 11) is 0. The summed E-state index contributed by atoms with van der Waals surface area (Å²) >= 11 is 0. The highest BCUT2D eigenvalue weighted by molar-refractivity contribution is 5.81. The molecule has 0 aliphatic carbocycles. The zero-order chi connectivity index (χ0) is 8.69. The lowest BCUT2D eigenvalue weighted by Gasteiger charge is -1.96. The standard InChI is InChI=1S/C7H8O4/c1-3-5-7(9)11-10-6(8)4-2/h3-4H,1-2,5H2. The summed E-state index contributed by atoms with van der Waals surface area (Å²) in [6.07, 6.45) is 2.23. The molecule has 4 nitrogen and oxygen atoms in total. The van der Waals surface area contributed by atoms with Gasteiger partial charge in [0.15, 0.2) is 0 Å². The highest BCUT2D eigenvalue weighted by Crippen LogP contribution is 1.88. The van der Waals surface area contributed by atoms with E-state index in [4.69, 9.17) is 0 Å². The van der Waals surface area contributed by atoms with E-state index in [1.54, 1.807) is 0 Å². The van der Waals surface area contributed by atoms with Crippen LogP contribution in [0.15, 0.2) is 25.3 Å². The Balaban J connectivity index is 3.53. The van der Waals surface area contributed by atoms with E-state index >= 15 is 0 Å². The minimum atomic E-state index is -0.803. The number of hydrogen-bond donors (Lipinski definition) is 0. The van der Waals surface area contributed by atoms with Gasteiger partial charge >= 0.3 is 11.9 Å². The Labute approximate surface area is 64.0 Å². The molecule has 0 aromatic carbocycles. The molecule has 0 aliphatic rings. The van der Waals surface area contributed by atoms with Gasteiger partial charge in [0.05, 0.1) is 6.42 Å². The van der Waals surface area contributed by atoms with Crippen LogP contribution >= 0.6 is 0 Å². The fraction of sp³-hybridized carbons (Fsp3) is 0.143. The molecule has 0 spiro atoms. The first-order valence-electron chi connectivity index (χ1n) is 2.85. The highest BCUT2D eigenvalue weighted by Gasteiger charge is 2.03. The van der Waals surface area contributed by atoms with Crippen molar-refractivity contribution >= 4 is 11.9 Å². The second-order valence-corrected chi connectivity index (χ2v) is 1.55. The molecule has 0 heterocycles. The molecule has 4 heteroatoms. The highest BCUT2D eigenvalue weighted by atomic mass is 17.2. The topological polar surface area (TPSA) is 52.6 Å². The van der Waals surface area contributed by atoms with Crippen molar-refractivity contribution < 1.29 is 19.4 Å². The lowest BCUT2D eigenvalue weighted by Crippen LogP contribution is -2.07. The van der Waals surface area contributed by atoms with Crippen molar-refractivity contribution in [2.75, 3.05) is 0 Å². The molecule has 0 aromatic heterocycles. The zero-order valence-electron chi connectivity index (χ0n) is 5.91. The second-order valence-electron chi connectivity index (χ2n) is 1.55. The van der Waals surface area contributed by atoms with Crippen LogP contribution in [0.4, 0.5) is 0 Å². The summed E-state index contributed by atoms with van der Waals surface area (Å²) < 4.78 is 0. The third-order valence-corrected chi connectivity index (χ3v) is 0.694.